The second-order valence-electron chi connectivity index (χ2n) is 10.2. The zero-order chi connectivity index (χ0) is 29.7. The van der Waals surface area contributed by atoms with E-state index in [-0.39, 0.29) is 12.2 Å². The van der Waals surface area contributed by atoms with Crippen LogP contribution < -0.4 is 26.0 Å². The molecule has 0 aliphatic carbocycles. The fourth-order valence-corrected chi connectivity index (χ4v) is 4.88. The fourth-order valence-electron chi connectivity index (χ4n) is 4.77. The molecule has 43 heavy (non-hydrogen) atoms. The van der Waals surface area contributed by atoms with Gasteiger partial charge in [-0.15, -0.1) is 0 Å². The first-order chi connectivity index (χ1) is 21.2. The summed E-state index contributed by atoms with van der Waals surface area (Å²) in [5.41, 5.74) is 6.61. The molecule has 0 spiro atoms. The van der Waals surface area contributed by atoms with Gasteiger partial charge < -0.3 is 35.5 Å². The normalized spacial score (nSPS) is 18.2. The number of methoxy groups -OCH3 is 1. The first-order valence-corrected chi connectivity index (χ1v) is 15.0. The number of pyridine rings is 2. The highest BCUT2D eigenvalue weighted by atomic mass is 35.5. The molecule has 9 nitrogen and oxygen atoms in total. The number of rotatable bonds is 9. The molecule has 226 valence electrons. The summed E-state index contributed by atoms with van der Waals surface area (Å²) in [6, 6.07) is 26.3. The van der Waals surface area contributed by atoms with E-state index in [9.17, 15) is 0 Å². The Hall–Kier alpha value is -3.73. The van der Waals surface area contributed by atoms with E-state index in [2.05, 4.69) is 79.8 Å². The van der Waals surface area contributed by atoms with Crippen LogP contribution in [0.2, 0.25) is 5.15 Å². The molecule has 2 saturated heterocycles. The molecule has 4 N–H and O–H groups in total. The third-order valence-corrected chi connectivity index (χ3v) is 7.39. The van der Waals surface area contributed by atoms with Crippen molar-refractivity contribution in [1.29, 1.82) is 0 Å². The molecule has 0 amide bonds. The van der Waals surface area contributed by atoms with Crippen molar-refractivity contribution >= 4 is 23.0 Å². The molecule has 2 aliphatic heterocycles. The van der Waals surface area contributed by atoms with Crippen LogP contribution in [-0.4, -0.2) is 56.5 Å². The average molecular weight is 603 g/mol. The maximum Gasteiger partial charge on any atom is 0.213 e. The summed E-state index contributed by atoms with van der Waals surface area (Å²) in [6.07, 6.45) is 2.10. The van der Waals surface area contributed by atoms with Crippen LogP contribution in [0, 0.1) is 0 Å². The Morgan fingerprint density at radius 2 is 1.40 bits per heavy atom. The molecule has 0 bridgehead atoms. The molecular formula is C33H39ClN6O3. The number of ether oxygens (including phenoxy) is 3. The Bertz CT molecular complexity index is 1380. The van der Waals surface area contributed by atoms with E-state index in [4.69, 9.17) is 25.8 Å². The molecule has 2 aliphatic rings. The predicted molar refractivity (Wildman–Crippen MR) is 171 cm³/mol. The highest BCUT2D eigenvalue weighted by Gasteiger charge is 2.16. The number of halogens is 1. The van der Waals surface area contributed by atoms with Gasteiger partial charge in [-0.25, -0.2) is 9.97 Å². The molecule has 2 fully saturated rings. The van der Waals surface area contributed by atoms with E-state index in [0.29, 0.717) is 17.6 Å². The molecule has 2 aromatic heterocycles. The minimum Gasteiger partial charge on any atom is -0.481 e. The Kier molecular flexibility index (Phi) is 11.6. The van der Waals surface area contributed by atoms with Gasteiger partial charge in [-0.05, 0) is 53.1 Å². The van der Waals surface area contributed by atoms with Gasteiger partial charge in [-0.2, -0.15) is 0 Å². The molecule has 4 heterocycles. The Labute approximate surface area is 258 Å². The molecular weight excluding hydrogens is 564 g/mol. The fraction of sp³-hybridized carbons (Fsp3) is 0.333. The molecule has 2 aromatic carbocycles. The molecule has 0 radical (unpaired) electrons. The average Bonchev–Trinajstić information content (AvgIpc) is 3.09. The maximum absolute atomic E-state index is 5.77. The van der Waals surface area contributed by atoms with Crippen molar-refractivity contribution in [1.82, 2.24) is 20.6 Å². The Morgan fingerprint density at radius 3 is 1.91 bits per heavy atom. The summed E-state index contributed by atoms with van der Waals surface area (Å²) in [6.45, 7) is 6.56. The lowest BCUT2D eigenvalue weighted by Crippen LogP contribution is -2.33. The number of nitrogens with one attached hydrogen (secondary N) is 4. The first-order valence-electron chi connectivity index (χ1n) is 14.6. The maximum atomic E-state index is 5.77. The lowest BCUT2D eigenvalue weighted by molar-refractivity contribution is 0.0276. The van der Waals surface area contributed by atoms with Gasteiger partial charge in [0.1, 0.15) is 5.15 Å². The topological polar surface area (TPSA) is 102 Å². The summed E-state index contributed by atoms with van der Waals surface area (Å²) in [7, 11) is 1.63. The van der Waals surface area contributed by atoms with E-state index in [1.165, 1.54) is 11.1 Å². The van der Waals surface area contributed by atoms with Crippen LogP contribution in [0.1, 0.15) is 34.6 Å². The predicted octanol–water partition coefficient (Wildman–Crippen LogP) is 5.37. The minimum atomic E-state index is 0.155. The van der Waals surface area contributed by atoms with Crippen LogP contribution in [0.3, 0.4) is 0 Å². The van der Waals surface area contributed by atoms with Gasteiger partial charge in [0.2, 0.25) is 5.88 Å². The number of nitrogens with zero attached hydrogens (tertiary/aromatic N) is 2. The van der Waals surface area contributed by atoms with Gasteiger partial charge in [0.25, 0.3) is 0 Å². The van der Waals surface area contributed by atoms with Gasteiger partial charge in [-0.1, -0.05) is 48.0 Å². The number of anilines is 2. The Balaban J connectivity index is 0.000000171. The van der Waals surface area contributed by atoms with E-state index < -0.39 is 0 Å². The van der Waals surface area contributed by atoms with Crippen molar-refractivity contribution in [2.45, 2.75) is 25.3 Å². The number of hydrogen-bond donors (Lipinski definition) is 4. The lowest BCUT2D eigenvalue weighted by atomic mass is 10.1. The van der Waals surface area contributed by atoms with Crippen molar-refractivity contribution in [2.24, 2.45) is 0 Å². The highest BCUT2D eigenvalue weighted by molar-refractivity contribution is 6.29. The van der Waals surface area contributed by atoms with E-state index >= 15 is 0 Å². The smallest absolute Gasteiger partial charge is 0.213 e. The second kappa shape index (κ2) is 16.2. The van der Waals surface area contributed by atoms with Gasteiger partial charge >= 0.3 is 0 Å². The summed E-state index contributed by atoms with van der Waals surface area (Å²) in [5.74, 6) is 0.636. The van der Waals surface area contributed by atoms with Crippen LogP contribution in [-0.2, 0) is 22.6 Å². The van der Waals surface area contributed by atoms with E-state index in [0.717, 1.165) is 68.6 Å². The second-order valence-corrected chi connectivity index (χ2v) is 10.6. The molecule has 0 saturated carbocycles. The number of aromatic nitrogens is 2. The monoisotopic (exact) mass is 602 g/mol. The van der Waals surface area contributed by atoms with Gasteiger partial charge in [0.05, 0.1) is 44.8 Å². The lowest BCUT2D eigenvalue weighted by Gasteiger charge is -2.24. The van der Waals surface area contributed by atoms with Crippen LogP contribution >= 0.6 is 11.6 Å². The summed E-state index contributed by atoms with van der Waals surface area (Å²) in [5, 5.41) is 13.9. The van der Waals surface area contributed by atoms with Crippen LogP contribution in [0.15, 0.2) is 85.1 Å². The van der Waals surface area contributed by atoms with Crippen molar-refractivity contribution < 1.29 is 14.2 Å². The third-order valence-electron chi connectivity index (χ3n) is 7.17. The quantitative estimate of drug-likeness (QED) is 0.188. The summed E-state index contributed by atoms with van der Waals surface area (Å²) >= 11 is 5.77. The van der Waals surface area contributed by atoms with Crippen molar-refractivity contribution in [3.05, 3.63) is 113 Å². The van der Waals surface area contributed by atoms with Crippen LogP contribution in [0.4, 0.5) is 11.4 Å². The molecule has 2 atom stereocenters. The zero-order valence-corrected chi connectivity index (χ0v) is 25.1. The van der Waals surface area contributed by atoms with E-state index in [1.807, 2.05) is 24.3 Å². The minimum absolute atomic E-state index is 0.155. The van der Waals surface area contributed by atoms with Crippen molar-refractivity contribution in [3.63, 3.8) is 0 Å². The summed E-state index contributed by atoms with van der Waals surface area (Å²) < 4.78 is 16.6. The third kappa shape index (κ3) is 9.64. The summed E-state index contributed by atoms with van der Waals surface area (Å²) in [4.78, 5) is 8.45. The molecule has 0 unspecified atom stereocenters. The molecule has 10 heteroatoms. The van der Waals surface area contributed by atoms with Gasteiger partial charge in [-0.3, -0.25) is 0 Å². The van der Waals surface area contributed by atoms with E-state index in [1.54, 1.807) is 19.4 Å². The van der Waals surface area contributed by atoms with Crippen LogP contribution in [0.5, 0.6) is 5.88 Å². The zero-order valence-electron chi connectivity index (χ0n) is 24.4. The molecule has 6 rings (SSSR count). The highest BCUT2D eigenvalue weighted by Crippen LogP contribution is 2.22. The van der Waals surface area contributed by atoms with Crippen LogP contribution in [0.25, 0.3) is 0 Å². The van der Waals surface area contributed by atoms with Gasteiger partial charge in [0.15, 0.2) is 0 Å². The first kappa shape index (κ1) is 30.7. The number of hydrogen-bond acceptors (Lipinski definition) is 9. The number of morpholine rings is 2. The standard InChI is InChI=1S/C17H21N3O2.C16H18ClN3O/c1-21-17-4-2-3-15(20-17)11-19-14-7-5-13(6-8-14)16-12-18-9-10-22-16;17-16-6-1-12(10-20-16)9-19-14-4-2-13(3-5-14)15-11-18-7-8-21-15/h2-8,16,18-19H,9-12H2,1H3;1-6,10,15,18-19H,7-9,11H2/t16-;15-/m11/s1. The largest absolute Gasteiger partial charge is 0.481 e. The molecule has 4 aromatic rings. The SMILES string of the molecule is COc1cccc(CNc2ccc([C@H]3CNCCO3)cc2)n1.Clc1ccc(CNc2ccc([C@H]3CNCCO3)cc2)cn1. The van der Waals surface area contributed by atoms with Crippen molar-refractivity contribution in [2.75, 3.05) is 57.1 Å². The Morgan fingerprint density at radius 1 is 0.791 bits per heavy atom. The van der Waals surface area contributed by atoms with Gasteiger partial charge in [0, 0.05) is 56.4 Å². The van der Waals surface area contributed by atoms with Crippen molar-refractivity contribution in [3.8, 4) is 5.88 Å². The number of benzene rings is 2.